The summed E-state index contributed by atoms with van der Waals surface area (Å²) in [5, 5.41) is 3.32. The minimum atomic E-state index is -0.819. The van der Waals surface area contributed by atoms with Crippen molar-refractivity contribution in [1.29, 1.82) is 0 Å². The predicted molar refractivity (Wildman–Crippen MR) is 156 cm³/mol. The summed E-state index contributed by atoms with van der Waals surface area (Å²) in [6, 6.07) is 10.5. The number of benzene rings is 1. The van der Waals surface area contributed by atoms with Gasteiger partial charge in [-0.25, -0.2) is 9.59 Å². The highest BCUT2D eigenvalue weighted by Crippen LogP contribution is 2.43. The summed E-state index contributed by atoms with van der Waals surface area (Å²) in [6.07, 6.45) is 6.97. The second-order valence-corrected chi connectivity index (χ2v) is 11.4. The second kappa shape index (κ2) is 11.1. The number of nitrogens with one attached hydrogen (secondary N) is 1. The van der Waals surface area contributed by atoms with Crippen LogP contribution in [0.15, 0.2) is 76.8 Å². The number of methoxy groups -OCH3 is 1. The minimum Gasteiger partial charge on any atom is -0.496 e. The summed E-state index contributed by atoms with van der Waals surface area (Å²) >= 11 is 1.36. The molecule has 0 fully saturated rings. The van der Waals surface area contributed by atoms with E-state index in [2.05, 4.69) is 5.32 Å². The van der Waals surface area contributed by atoms with Crippen molar-refractivity contribution in [2.75, 3.05) is 24.4 Å². The normalized spacial score (nSPS) is 16.0. The van der Waals surface area contributed by atoms with Crippen LogP contribution in [0.2, 0.25) is 0 Å². The van der Waals surface area contributed by atoms with E-state index in [0.29, 0.717) is 38.8 Å². The number of carbonyl (C=O) groups excluding carboxylic acids is 3. The number of nitrogens with zero attached hydrogens (tertiary/aromatic N) is 1. The van der Waals surface area contributed by atoms with Crippen LogP contribution in [0.3, 0.4) is 0 Å². The number of anilines is 2. The summed E-state index contributed by atoms with van der Waals surface area (Å²) in [4.78, 5) is 41.8. The first-order valence-electron chi connectivity index (χ1n) is 13.0. The van der Waals surface area contributed by atoms with Gasteiger partial charge >= 0.3 is 11.9 Å². The molecule has 0 radical (unpaired) electrons. The Morgan fingerprint density at radius 3 is 2.61 bits per heavy atom. The smallest absolute Gasteiger partial charge is 0.379 e. The number of fused-ring (bicyclic) bond motifs is 1. The van der Waals surface area contributed by atoms with E-state index in [-0.39, 0.29) is 24.7 Å². The van der Waals surface area contributed by atoms with E-state index in [1.807, 2.05) is 39.0 Å². The maximum Gasteiger partial charge on any atom is 0.379 e. The van der Waals surface area contributed by atoms with Crippen LogP contribution >= 0.6 is 11.3 Å². The Kier molecular flexibility index (Phi) is 7.59. The molecule has 0 unspecified atom stereocenters. The number of hydrogen-bond acceptors (Lipinski definition) is 9. The van der Waals surface area contributed by atoms with Gasteiger partial charge in [-0.05, 0) is 74.9 Å². The third kappa shape index (κ3) is 5.55. The van der Waals surface area contributed by atoms with Crippen molar-refractivity contribution in [2.24, 2.45) is 0 Å². The Morgan fingerprint density at radius 2 is 1.93 bits per heavy atom. The van der Waals surface area contributed by atoms with Gasteiger partial charge in [0.1, 0.15) is 28.5 Å². The van der Waals surface area contributed by atoms with Crippen molar-refractivity contribution < 1.29 is 33.0 Å². The third-order valence-electron chi connectivity index (χ3n) is 6.84. The molecule has 0 bridgehead atoms. The van der Waals surface area contributed by atoms with Gasteiger partial charge in [-0.1, -0.05) is 6.07 Å². The summed E-state index contributed by atoms with van der Waals surface area (Å²) in [7, 11) is 3.26. The molecule has 1 aliphatic carbocycles. The highest BCUT2D eigenvalue weighted by Gasteiger charge is 2.39. The van der Waals surface area contributed by atoms with E-state index >= 15 is 0 Å². The number of amides is 1. The first kappa shape index (κ1) is 28.0. The predicted octanol–water partition coefficient (Wildman–Crippen LogP) is 6.23. The van der Waals surface area contributed by atoms with E-state index in [1.165, 1.54) is 23.7 Å². The van der Waals surface area contributed by atoms with Gasteiger partial charge in [0, 0.05) is 29.5 Å². The van der Waals surface area contributed by atoms with Gasteiger partial charge in [0.05, 0.1) is 24.7 Å². The van der Waals surface area contributed by atoms with Crippen LogP contribution in [0.1, 0.15) is 56.5 Å². The molecular formula is C31H30N2O7S. The average Bonchev–Trinajstić information content (AvgIpc) is 3.60. The van der Waals surface area contributed by atoms with Crippen LogP contribution in [0.25, 0.3) is 5.57 Å². The Hall–Kier alpha value is -4.57. The summed E-state index contributed by atoms with van der Waals surface area (Å²) < 4.78 is 22.2. The molecule has 2 aliphatic rings. The van der Waals surface area contributed by atoms with Gasteiger partial charge in [-0.3, -0.25) is 4.79 Å². The number of likely N-dealkylation sites (N-methyl/N-ethyl adjacent to an activating group) is 1. The highest BCUT2D eigenvalue weighted by atomic mass is 32.1. The number of rotatable bonds is 7. The fourth-order valence-electron chi connectivity index (χ4n) is 4.87. The molecule has 0 atom stereocenters. The van der Waals surface area contributed by atoms with Gasteiger partial charge in [-0.2, -0.15) is 0 Å². The number of furan rings is 1. The van der Waals surface area contributed by atoms with Gasteiger partial charge in [-0.15, -0.1) is 11.3 Å². The molecule has 3 aromatic rings. The van der Waals surface area contributed by atoms with Crippen molar-refractivity contribution >= 4 is 46.1 Å². The number of allylic oxidation sites excluding steroid dienone is 4. The van der Waals surface area contributed by atoms with Crippen LogP contribution in [0.4, 0.5) is 11.4 Å². The standard InChI is InChI=1S/C31H30N2O7S/c1-18-8-15-26(41-18)29(35)39-17-22-20(12-13-23-27(22)33(4)30(36)31(2,3)32-23)21-11-9-19(10-14-24(21)37-5)40-28(34)25-7-6-16-38-25/h6-9,11-16,32H,10,17H2,1-5H3. The van der Waals surface area contributed by atoms with E-state index < -0.39 is 17.5 Å². The lowest BCUT2D eigenvalue weighted by Gasteiger charge is -2.39. The van der Waals surface area contributed by atoms with E-state index in [4.69, 9.17) is 18.6 Å². The quantitative estimate of drug-likeness (QED) is 0.331. The minimum absolute atomic E-state index is 0.0909. The Labute approximate surface area is 241 Å². The highest BCUT2D eigenvalue weighted by molar-refractivity contribution is 7.13. The lowest BCUT2D eigenvalue weighted by atomic mass is 9.91. The zero-order valence-electron chi connectivity index (χ0n) is 23.4. The number of thiophene rings is 1. The molecule has 2 aromatic heterocycles. The van der Waals surface area contributed by atoms with Gasteiger partial charge in [0.2, 0.25) is 5.76 Å². The number of esters is 2. The monoisotopic (exact) mass is 574 g/mol. The SMILES string of the molecule is COC1=CCC(OC(=O)c2ccco2)=CC=C1c1ccc2c(c1COC(=O)c1ccc(C)s1)N(C)C(=O)C(C)(C)N2. The van der Waals surface area contributed by atoms with Crippen LogP contribution in [0.5, 0.6) is 0 Å². The van der Waals surface area contributed by atoms with Crippen molar-refractivity contribution in [3.63, 3.8) is 0 Å². The number of hydrogen-bond donors (Lipinski definition) is 1. The van der Waals surface area contributed by atoms with Gasteiger partial charge < -0.3 is 28.8 Å². The van der Waals surface area contributed by atoms with Crippen molar-refractivity contribution in [2.45, 2.75) is 39.3 Å². The Bertz CT molecular complexity index is 1610. The molecule has 3 heterocycles. The molecule has 10 heteroatoms. The van der Waals surface area contributed by atoms with Crippen LogP contribution in [-0.2, 0) is 25.6 Å². The fourth-order valence-corrected chi connectivity index (χ4v) is 5.63. The lowest BCUT2D eigenvalue weighted by molar-refractivity contribution is -0.121. The fraction of sp³-hybridized carbons (Fsp3) is 0.258. The second-order valence-electron chi connectivity index (χ2n) is 10.1. The van der Waals surface area contributed by atoms with E-state index in [1.54, 1.807) is 49.4 Å². The lowest BCUT2D eigenvalue weighted by Crippen LogP contribution is -2.52. The summed E-state index contributed by atoms with van der Waals surface area (Å²) in [5.74, 6) is -0.167. The number of ether oxygens (including phenoxy) is 3. The topological polar surface area (TPSA) is 107 Å². The van der Waals surface area contributed by atoms with Crippen molar-refractivity contribution in [1.82, 2.24) is 0 Å². The molecule has 212 valence electrons. The first-order chi connectivity index (χ1) is 19.6. The van der Waals surface area contributed by atoms with E-state index in [9.17, 15) is 14.4 Å². The zero-order chi connectivity index (χ0) is 29.3. The van der Waals surface area contributed by atoms with Gasteiger partial charge in [0.15, 0.2) is 0 Å². The molecule has 1 aromatic carbocycles. The molecule has 0 saturated heterocycles. The Morgan fingerprint density at radius 1 is 1.12 bits per heavy atom. The molecular weight excluding hydrogens is 544 g/mol. The maximum absolute atomic E-state index is 13.3. The Balaban J connectivity index is 1.56. The molecule has 0 spiro atoms. The van der Waals surface area contributed by atoms with Crippen molar-refractivity contribution in [3.8, 4) is 0 Å². The van der Waals surface area contributed by atoms with Crippen molar-refractivity contribution in [3.05, 3.63) is 99.0 Å². The molecule has 9 nitrogen and oxygen atoms in total. The maximum atomic E-state index is 13.3. The molecule has 0 saturated carbocycles. The van der Waals surface area contributed by atoms with E-state index in [0.717, 1.165) is 10.6 Å². The third-order valence-corrected chi connectivity index (χ3v) is 7.82. The molecule has 1 amide bonds. The first-order valence-corrected chi connectivity index (χ1v) is 13.8. The molecule has 1 aliphatic heterocycles. The number of aryl methyl sites for hydroxylation is 1. The van der Waals surface area contributed by atoms with Crippen LogP contribution in [-0.4, -0.2) is 37.5 Å². The van der Waals surface area contributed by atoms with Crippen LogP contribution < -0.4 is 10.2 Å². The molecule has 5 rings (SSSR count). The average molecular weight is 575 g/mol. The van der Waals surface area contributed by atoms with Crippen LogP contribution in [0, 0.1) is 6.92 Å². The summed E-state index contributed by atoms with van der Waals surface area (Å²) in [5.41, 5.74) is 2.52. The zero-order valence-corrected chi connectivity index (χ0v) is 24.2. The number of carbonyl (C=O) groups is 3. The molecule has 1 N–H and O–H groups in total. The molecule has 41 heavy (non-hydrogen) atoms. The van der Waals surface area contributed by atoms with Gasteiger partial charge in [0.25, 0.3) is 5.91 Å². The largest absolute Gasteiger partial charge is 0.496 e. The summed E-state index contributed by atoms with van der Waals surface area (Å²) in [6.45, 7) is 5.47.